The van der Waals surface area contributed by atoms with Gasteiger partial charge in [-0.3, -0.25) is 4.79 Å². The van der Waals surface area contributed by atoms with E-state index in [1.165, 1.54) is 0 Å². The van der Waals surface area contributed by atoms with E-state index in [4.69, 9.17) is 9.47 Å². The van der Waals surface area contributed by atoms with Gasteiger partial charge in [0.15, 0.2) is 0 Å². The van der Waals surface area contributed by atoms with Crippen molar-refractivity contribution < 1.29 is 14.3 Å². The molecular weight excluding hydrogens is 206 g/mol. The molecule has 2 aliphatic rings. The fourth-order valence-electron chi connectivity index (χ4n) is 2.32. The highest BCUT2D eigenvalue weighted by atomic mass is 16.6. The van der Waals surface area contributed by atoms with E-state index in [2.05, 4.69) is 5.32 Å². The summed E-state index contributed by atoms with van der Waals surface area (Å²) in [5.74, 6) is -0.151. The van der Waals surface area contributed by atoms with Crippen LogP contribution in [0.15, 0.2) is 0 Å². The van der Waals surface area contributed by atoms with Gasteiger partial charge in [-0.1, -0.05) is 0 Å². The Morgan fingerprint density at radius 2 is 2.19 bits per heavy atom. The molecule has 0 aliphatic carbocycles. The molecule has 0 aromatic rings. The maximum absolute atomic E-state index is 11.6. The SMILES string of the molecule is CC(C)(C)OC(=O)CC1CC2(CNC2)CO1. The first-order valence-electron chi connectivity index (χ1n) is 5.93. The third kappa shape index (κ3) is 2.74. The Balaban J connectivity index is 1.76. The van der Waals surface area contributed by atoms with Crippen molar-refractivity contribution in [1.82, 2.24) is 5.32 Å². The molecule has 1 atom stereocenters. The summed E-state index contributed by atoms with van der Waals surface area (Å²) in [5.41, 5.74) is -0.0852. The Kier molecular flexibility index (Phi) is 2.97. The molecule has 1 N–H and O–H groups in total. The van der Waals surface area contributed by atoms with Gasteiger partial charge in [0.2, 0.25) is 0 Å². The van der Waals surface area contributed by atoms with Crippen molar-refractivity contribution in [2.45, 2.75) is 45.3 Å². The number of carbonyl (C=O) groups is 1. The van der Waals surface area contributed by atoms with E-state index in [0.717, 1.165) is 26.1 Å². The summed E-state index contributed by atoms with van der Waals surface area (Å²) in [6.45, 7) is 8.50. The number of hydrogen-bond acceptors (Lipinski definition) is 4. The molecule has 92 valence electrons. The Labute approximate surface area is 96.7 Å². The van der Waals surface area contributed by atoms with Gasteiger partial charge in [-0.05, 0) is 27.2 Å². The lowest BCUT2D eigenvalue weighted by molar-refractivity contribution is -0.157. The van der Waals surface area contributed by atoms with Crippen LogP contribution in [0.3, 0.4) is 0 Å². The lowest BCUT2D eigenvalue weighted by atomic mass is 9.79. The zero-order valence-electron chi connectivity index (χ0n) is 10.3. The molecule has 0 amide bonds. The Morgan fingerprint density at radius 1 is 1.50 bits per heavy atom. The van der Waals surface area contributed by atoms with Crippen molar-refractivity contribution in [3.63, 3.8) is 0 Å². The molecule has 0 aromatic heterocycles. The molecule has 0 bridgehead atoms. The lowest BCUT2D eigenvalue weighted by Gasteiger charge is -2.37. The van der Waals surface area contributed by atoms with E-state index >= 15 is 0 Å². The summed E-state index contributed by atoms with van der Waals surface area (Å²) in [6, 6.07) is 0. The van der Waals surface area contributed by atoms with Gasteiger partial charge in [-0.15, -0.1) is 0 Å². The van der Waals surface area contributed by atoms with Gasteiger partial charge < -0.3 is 14.8 Å². The lowest BCUT2D eigenvalue weighted by Crippen LogP contribution is -2.53. The largest absolute Gasteiger partial charge is 0.460 e. The average molecular weight is 227 g/mol. The molecule has 4 heteroatoms. The highest BCUT2D eigenvalue weighted by Crippen LogP contribution is 2.37. The number of carbonyl (C=O) groups excluding carboxylic acids is 1. The van der Waals surface area contributed by atoms with Crippen LogP contribution in [0.25, 0.3) is 0 Å². The number of rotatable bonds is 2. The quantitative estimate of drug-likeness (QED) is 0.718. The van der Waals surface area contributed by atoms with E-state index in [1.54, 1.807) is 0 Å². The number of ether oxygens (including phenoxy) is 2. The van der Waals surface area contributed by atoms with Crippen LogP contribution in [0.5, 0.6) is 0 Å². The van der Waals surface area contributed by atoms with Crippen LogP contribution < -0.4 is 5.32 Å². The normalized spacial score (nSPS) is 27.8. The minimum Gasteiger partial charge on any atom is -0.460 e. The van der Waals surface area contributed by atoms with Gasteiger partial charge in [0.1, 0.15) is 5.60 Å². The smallest absolute Gasteiger partial charge is 0.308 e. The molecule has 4 nitrogen and oxygen atoms in total. The van der Waals surface area contributed by atoms with Gasteiger partial charge in [0, 0.05) is 18.5 Å². The second-order valence-electron chi connectivity index (χ2n) is 6.03. The standard InChI is InChI=1S/C12H21NO3/c1-11(2,3)16-10(14)4-9-5-12(8-15-9)6-13-7-12/h9,13H,4-8H2,1-3H3. The van der Waals surface area contributed by atoms with Crippen LogP contribution in [0.2, 0.25) is 0 Å². The molecule has 1 spiro atoms. The highest BCUT2D eigenvalue weighted by molar-refractivity contribution is 5.70. The molecular formula is C12H21NO3. The van der Waals surface area contributed by atoms with Gasteiger partial charge in [0.25, 0.3) is 0 Å². The summed E-state index contributed by atoms with van der Waals surface area (Å²) in [7, 11) is 0. The highest BCUT2D eigenvalue weighted by Gasteiger charge is 2.45. The van der Waals surface area contributed by atoms with Crippen molar-refractivity contribution in [1.29, 1.82) is 0 Å². The van der Waals surface area contributed by atoms with Crippen molar-refractivity contribution >= 4 is 5.97 Å². The predicted octanol–water partition coefficient (Wildman–Crippen LogP) is 1.10. The molecule has 2 heterocycles. The number of nitrogens with one attached hydrogen (secondary N) is 1. The van der Waals surface area contributed by atoms with E-state index in [9.17, 15) is 4.79 Å². The maximum Gasteiger partial charge on any atom is 0.308 e. The fourth-order valence-corrected chi connectivity index (χ4v) is 2.32. The Bertz CT molecular complexity index is 278. The first kappa shape index (κ1) is 11.9. The van der Waals surface area contributed by atoms with Gasteiger partial charge in [0.05, 0.1) is 19.1 Å². The molecule has 0 saturated carbocycles. The van der Waals surface area contributed by atoms with Crippen molar-refractivity contribution in [3.8, 4) is 0 Å². The molecule has 2 fully saturated rings. The molecule has 2 saturated heterocycles. The monoisotopic (exact) mass is 227 g/mol. The molecule has 2 rings (SSSR count). The van der Waals surface area contributed by atoms with Crippen LogP contribution in [0, 0.1) is 5.41 Å². The summed E-state index contributed by atoms with van der Waals surface area (Å²) >= 11 is 0. The van der Waals surface area contributed by atoms with Crippen molar-refractivity contribution in [2.75, 3.05) is 19.7 Å². The first-order chi connectivity index (χ1) is 7.39. The second-order valence-corrected chi connectivity index (χ2v) is 6.03. The third-order valence-electron chi connectivity index (χ3n) is 3.10. The molecule has 16 heavy (non-hydrogen) atoms. The Hall–Kier alpha value is -0.610. The minimum atomic E-state index is -0.397. The molecule has 0 radical (unpaired) electrons. The van der Waals surface area contributed by atoms with Gasteiger partial charge in [-0.25, -0.2) is 0 Å². The first-order valence-corrected chi connectivity index (χ1v) is 5.93. The number of hydrogen-bond donors (Lipinski definition) is 1. The summed E-state index contributed by atoms with van der Waals surface area (Å²) < 4.78 is 10.9. The second kappa shape index (κ2) is 4.00. The topological polar surface area (TPSA) is 47.6 Å². The minimum absolute atomic E-state index is 0.0527. The zero-order valence-corrected chi connectivity index (χ0v) is 10.3. The van der Waals surface area contributed by atoms with E-state index in [-0.39, 0.29) is 12.1 Å². The summed E-state index contributed by atoms with van der Waals surface area (Å²) in [4.78, 5) is 11.6. The summed E-state index contributed by atoms with van der Waals surface area (Å²) in [6.07, 6.45) is 1.43. The fraction of sp³-hybridized carbons (Fsp3) is 0.917. The van der Waals surface area contributed by atoms with E-state index < -0.39 is 5.60 Å². The van der Waals surface area contributed by atoms with Crippen molar-refractivity contribution in [3.05, 3.63) is 0 Å². The van der Waals surface area contributed by atoms with Crippen LogP contribution in [-0.4, -0.2) is 37.4 Å². The van der Waals surface area contributed by atoms with Crippen molar-refractivity contribution in [2.24, 2.45) is 5.41 Å². The van der Waals surface area contributed by atoms with Gasteiger partial charge in [-0.2, -0.15) is 0 Å². The van der Waals surface area contributed by atoms with Gasteiger partial charge >= 0.3 is 5.97 Å². The average Bonchev–Trinajstić information content (AvgIpc) is 2.43. The van der Waals surface area contributed by atoms with E-state index in [0.29, 0.717) is 11.8 Å². The molecule has 0 aromatic carbocycles. The number of esters is 1. The van der Waals surface area contributed by atoms with Crippen LogP contribution in [0.1, 0.15) is 33.6 Å². The molecule has 2 aliphatic heterocycles. The predicted molar refractivity (Wildman–Crippen MR) is 60.1 cm³/mol. The summed E-state index contributed by atoms with van der Waals surface area (Å²) in [5, 5.41) is 3.26. The third-order valence-corrected chi connectivity index (χ3v) is 3.10. The van der Waals surface area contributed by atoms with E-state index in [1.807, 2.05) is 20.8 Å². The molecule has 1 unspecified atom stereocenters. The van der Waals surface area contributed by atoms with Crippen LogP contribution >= 0.6 is 0 Å². The van der Waals surface area contributed by atoms with Crippen LogP contribution in [-0.2, 0) is 14.3 Å². The maximum atomic E-state index is 11.6. The van der Waals surface area contributed by atoms with Crippen LogP contribution in [0.4, 0.5) is 0 Å². The zero-order chi connectivity index (χ0) is 11.8. The Morgan fingerprint density at radius 3 is 2.62 bits per heavy atom.